The lowest BCUT2D eigenvalue weighted by molar-refractivity contribution is -0.172. The summed E-state index contributed by atoms with van der Waals surface area (Å²) in [6, 6.07) is 0. The second-order valence-corrected chi connectivity index (χ2v) is 2.50. The SMILES string of the molecule is O=C(/C=C/C(=O)OC(C(=O)O)C(=O)O)OP. The van der Waals surface area contributed by atoms with Gasteiger partial charge in [0.2, 0.25) is 0 Å². The van der Waals surface area contributed by atoms with Gasteiger partial charge in [-0.05, 0) is 0 Å². The summed E-state index contributed by atoms with van der Waals surface area (Å²) in [5.41, 5.74) is 0. The Hall–Kier alpha value is -1.95. The molecular weight excluding hydrogens is 243 g/mol. The van der Waals surface area contributed by atoms with Gasteiger partial charge in [0.1, 0.15) is 0 Å². The smallest absolute Gasteiger partial charge is 0.356 e. The standard InChI is InChI=1S/C7H7O8P/c8-3(1-2-4(9)15-16)14-5(6(10)11)7(12)13/h1-2,5H,16H2,(H,10,11)(H,12,13)/b2-1+. The summed E-state index contributed by atoms with van der Waals surface area (Å²) in [5.74, 6) is -5.85. The maximum Gasteiger partial charge on any atom is 0.356 e. The molecule has 0 aliphatic heterocycles. The molecule has 2 N–H and O–H groups in total. The van der Waals surface area contributed by atoms with Crippen molar-refractivity contribution in [2.75, 3.05) is 0 Å². The highest BCUT2D eigenvalue weighted by Gasteiger charge is 2.29. The zero-order valence-corrected chi connectivity index (χ0v) is 8.81. The van der Waals surface area contributed by atoms with Gasteiger partial charge in [-0.1, -0.05) is 0 Å². The number of aliphatic carboxylic acids is 2. The third-order valence-corrected chi connectivity index (χ3v) is 1.39. The van der Waals surface area contributed by atoms with Gasteiger partial charge in [-0.3, -0.25) is 0 Å². The van der Waals surface area contributed by atoms with Crippen LogP contribution in [0.25, 0.3) is 0 Å². The van der Waals surface area contributed by atoms with Crippen molar-refractivity contribution in [2.45, 2.75) is 6.10 Å². The molecule has 0 aliphatic rings. The van der Waals surface area contributed by atoms with E-state index in [0.717, 1.165) is 0 Å². The molecule has 0 heterocycles. The summed E-state index contributed by atoms with van der Waals surface area (Å²) in [6.07, 6.45) is -1.12. The Labute approximate surface area is 91.1 Å². The van der Waals surface area contributed by atoms with Crippen LogP contribution in [-0.2, 0) is 28.4 Å². The van der Waals surface area contributed by atoms with Crippen LogP contribution >= 0.6 is 9.47 Å². The number of esters is 1. The van der Waals surface area contributed by atoms with Crippen molar-refractivity contribution in [3.05, 3.63) is 12.2 Å². The summed E-state index contributed by atoms with van der Waals surface area (Å²) in [6.45, 7) is 0. The third-order valence-electron chi connectivity index (χ3n) is 1.15. The van der Waals surface area contributed by atoms with Crippen LogP contribution in [0, 0.1) is 0 Å². The molecule has 0 saturated heterocycles. The van der Waals surface area contributed by atoms with Gasteiger partial charge < -0.3 is 19.5 Å². The van der Waals surface area contributed by atoms with Crippen LogP contribution in [0.1, 0.15) is 0 Å². The normalized spacial score (nSPS) is 10.1. The Morgan fingerprint density at radius 3 is 1.81 bits per heavy atom. The van der Waals surface area contributed by atoms with E-state index in [4.69, 9.17) is 10.2 Å². The average Bonchev–Trinajstić information content (AvgIpc) is 2.21. The maximum absolute atomic E-state index is 10.8. The van der Waals surface area contributed by atoms with Crippen LogP contribution < -0.4 is 0 Å². The van der Waals surface area contributed by atoms with Gasteiger partial charge >= 0.3 is 23.9 Å². The zero-order valence-electron chi connectivity index (χ0n) is 7.65. The van der Waals surface area contributed by atoms with Gasteiger partial charge in [0, 0.05) is 12.2 Å². The van der Waals surface area contributed by atoms with E-state index in [1.807, 2.05) is 0 Å². The number of carboxylic acids is 2. The first kappa shape index (κ1) is 14.1. The molecule has 0 radical (unpaired) electrons. The first-order valence-electron chi connectivity index (χ1n) is 3.63. The van der Waals surface area contributed by atoms with Gasteiger partial charge in [-0.25, -0.2) is 19.2 Å². The third kappa shape index (κ3) is 5.06. The topological polar surface area (TPSA) is 127 Å². The van der Waals surface area contributed by atoms with Gasteiger partial charge in [0.05, 0.1) is 9.47 Å². The molecule has 1 atom stereocenters. The second-order valence-electron chi connectivity index (χ2n) is 2.26. The Morgan fingerprint density at radius 2 is 1.44 bits per heavy atom. The molecule has 0 fully saturated rings. The lowest BCUT2D eigenvalue weighted by Crippen LogP contribution is -2.34. The van der Waals surface area contributed by atoms with Gasteiger partial charge in [0.25, 0.3) is 6.10 Å². The van der Waals surface area contributed by atoms with Crippen molar-refractivity contribution in [1.82, 2.24) is 0 Å². The van der Waals surface area contributed by atoms with Crippen molar-refractivity contribution in [3.63, 3.8) is 0 Å². The molecule has 16 heavy (non-hydrogen) atoms. The lowest BCUT2D eigenvalue weighted by atomic mass is 10.3. The lowest BCUT2D eigenvalue weighted by Gasteiger charge is -2.06. The Morgan fingerprint density at radius 1 is 1.00 bits per heavy atom. The molecule has 0 amide bonds. The van der Waals surface area contributed by atoms with Crippen LogP contribution in [0.15, 0.2) is 12.2 Å². The minimum atomic E-state index is -2.32. The molecule has 88 valence electrons. The Bertz CT molecular complexity index is 332. The van der Waals surface area contributed by atoms with Gasteiger partial charge in [-0.2, -0.15) is 0 Å². The maximum atomic E-state index is 10.8. The summed E-state index contributed by atoms with van der Waals surface area (Å²) in [5, 5.41) is 16.7. The summed E-state index contributed by atoms with van der Waals surface area (Å²) in [7, 11) is 1.62. The van der Waals surface area contributed by atoms with E-state index >= 15 is 0 Å². The molecule has 9 heteroatoms. The van der Waals surface area contributed by atoms with E-state index in [2.05, 4.69) is 9.26 Å². The molecule has 0 aromatic carbocycles. The first-order chi connectivity index (χ1) is 7.38. The second kappa shape index (κ2) is 6.52. The van der Waals surface area contributed by atoms with Crippen molar-refractivity contribution in [3.8, 4) is 0 Å². The predicted octanol–water partition coefficient (Wildman–Crippen LogP) is -1.04. The fraction of sp³-hybridized carbons (Fsp3) is 0.143. The van der Waals surface area contributed by atoms with E-state index in [-0.39, 0.29) is 0 Å². The number of carboxylic acid groups (broad SMARTS) is 2. The van der Waals surface area contributed by atoms with Crippen molar-refractivity contribution >= 4 is 33.3 Å². The molecule has 0 rings (SSSR count). The molecule has 0 saturated carbocycles. The molecule has 1 unspecified atom stereocenters. The van der Waals surface area contributed by atoms with E-state index < -0.39 is 30.0 Å². The molecule has 0 aromatic rings. The van der Waals surface area contributed by atoms with Gasteiger partial charge in [0.15, 0.2) is 0 Å². The van der Waals surface area contributed by atoms with Crippen molar-refractivity contribution in [1.29, 1.82) is 0 Å². The summed E-state index contributed by atoms with van der Waals surface area (Å²) >= 11 is 0. The van der Waals surface area contributed by atoms with Crippen LogP contribution in [0.3, 0.4) is 0 Å². The quantitative estimate of drug-likeness (QED) is 0.274. The van der Waals surface area contributed by atoms with E-state index in [9.17, 15) is 19.2 Å². The number of ether oxygens (including phenoxy) is 1. The molecule has 0 spiro atoms. The monoisotopic (exact) mass is 250 g/mol. The van der Waals surface area contributed by atoms with Crippen molar-refractivity contribution < 1.29 is 38.7 Å². The Balaban J connectivity index is 4.43. The van der Waals surface area contributed by atoms with E-state index in [1.165, 1.54) is 0 Å². The highest BCUT2D eigenvalue weighted by molar-refractivity contribution is 7.10. The van der Waals surface area contributed by atoms with E-state index in [0.29, 0.717) is 12.2 Å². The number of hydrogen-bond acceptors (Lipinski definition) is 6. The molecule has 0 bridgehead atoms. The molecular formula is C7H7O8P. The highest BCUT2D eigenvalue weighted by atomic mass is 31.0. The number of carbonyl (C=O) groups is 4. The number of rotatable bonds is 5. The fourth-order valence-corrected chi connectivity index (χ4v) is 0.616. The number of carbonyl (C=O) groups excluding carboxylic acids is 2. The van der Waals surface area contributed by atoms with Crippen LogP contribution in [0.4, 0.5) is 0 Å². The molecule has 0 aromatic heterocycles. The Kier molecular flexibility index (Phi) is 5.72. The summed E-state index contributed by atoms with van der Waals surface area (Å²) < 4.78 is 8.08. The molecule has 8 nitrogen and oxygen atoms in total. The minimum Gasteiger partial charge on any atom is -0.478 e. The van der Waals surface area contributed by atoms with E-state index in [1.54, 1.807) is 9.47 Å². The predicted molar refractivity (Wildman–Crippen MR) is 50.1 cm³/mol. The van der Waals surface area contributed by atoms with Crippen LogP contribution in [0.2, 0.25) is 0 Å². The van der Waals surface area contributed by atoms with Crippen LogP contribution in [0.5, 0.6) is 0 Å². The largest absolute Gasteiger partial charge is 0.478 e. The zero-order chi connectivity index (χ0) is 12.7. The summed E-state index contributed by atoms with van der Waals surface area (Å²) in [4.78, 5) is 41.9. The fourth-order valence-electron chi connectivity index (χ4n) is 0.537. The molecule has 0 aliphatic carbocycles. The highest BCUT2D eigenvalue weighted by Crippen LogP contribution is 1.96. The first-order valence-corrected chi connectivity index (χ1v) is 4.10. The minimum absolute atomic E-state index is 0.547. The van der Waals surface area contributed by atoms with Crippen LogP contribution in [-0.4, -0.2) is 40.2 Å². The van der Waals surface area contributed by atoms with Gasteiger partial charge in [-0.15, -0.1) is 0 Å². The number of hydrogen-bond donors (Lipinski definition) is 2. The van der Waals surface area contributed by atoms with Crippen molar-refractivity contribution in [2.24, 2.45) is 0 Å². The average molecular weight is 250 g/mol.